The Kier molecular flexibility index (Phi) is 43.9. The molecule has 0 N–H and O–H groups in total. The van der Waals surface area contributed by atoms with Crippen LogP contribution in [-0.2, 0) is 21.7 Å². The van der Waals surface area contributed by atoms with E-state index in [1.165, 1.54) is 33.4 Å². The van der Waals surface area contributed by atoms with E-state index in [1.807, 2.05) is 223 Å². The van der Waals surface area contributed by atoms with Crippen molar-refractivity contribution in [2.24, 2.45) is 0 Å². The van der Waals surface area contributed by atoms with Gasteiger partial charge in [0.25, 0.3) is 0 Å². The third-order valence-electron chi connectivity index (χ3n) is 22.8. The van der Waals surface area contributed by atoms with E-state index >= 15 is 0 Å². The van der Waals surface area contributed by atoms with Gasteiger partial charge >= 0.3 is 0 Å². The van der Waals surface area contributed by atoms with Gasteiger partial charge in [-0.25, -0.2) is 30.7 Å². The average molecular weight is 2050 g/mol. The molecule has 7 atom stereocenters. The lowest BCUT2D eigenvalue weighted by molar-refractivity contribution is 0.400. The van der Waals surface area contributed by atoms with Gasteiger partial charge in [-0.15, -0.1) is 0 Å². The molecular weight excluding hydrogens is 1900 g/mol. The van der Waals surface area contributed by atoms with Crippen molar-refractivity contribution in [3.8, 4) is 40.2 Å². The zero-order chi connectivity index (χ0) is 104. The summed E-state index contributed by atoms with van der Waals surface area (Å²) in [6, 6.07) is 74.6. The van der Waals surface area contributed by atoms with Crippen LogP contribution in [0.3, 0.4) is 0 Å². The summed E-state index contributed by atoms with van der Waals surface area (Å²) in [6.45, 7) is 51.8. The smallest absolute Gasteiger partial charge is 0.131 e. The van der Waals surface area contributed by atoms with Gasteiger partial charge in [0, 0.05) is 85.4 Å². The van der Waals surface area contributed by atoms with E-state index in [1.54, 1.807) is 92.2 Å². The fraction of sp³-hybridized carbons (Fsp3) is 0.300. The molecule has 0 saturated heterocycles. The molecule has 0 amide bonds. The van der Waals surface area contributed by atoms with Gasteiger partial charge in [-0.1, -0.05) is 300 Å². The average Bonchev–Trinajstić information content (AvgIpc) is 0.809. The van der Waals surface area contributed by atoms with Crippen LogP contribution in [0.5, 0.6) is 40.2 Å². The van der Waals surface area contributed by atoms with Crippen LogP contribution in [0.2, 0.25) is 0 Å². The quantitative estimate of drug-likeness (QED) is 0.0525. The summed E-state index contributed by atoms with van der Waals surface area (Å²) >= 11 is 0. The Bertz CT molecular complexity index is 6510. The second-order valence-electron chi connectivity index (χ2n) is 39.4. The summed E-state index contributed by atoms with van der Waals surface area (Å²) in [5.41, 5.74) is 18.3. The molecule has 14 rings (SSSR count). The van der Waals surface area contributed by atoms with Crippen LogP contribution in [0.1, 0.15) is 178 Å². The van der Waals surface area contributed by atoms with E-state index in [9.17, 15) is 30.7 Å². The van der Waals surface area contributed by atoms with Crippen LogP contribution >= 0.6 is 60.1 Å². The molecule has 0 fully saturated rings. The lowest BCUT2D eigenvalue weighted by Gasteiger charge is -2.29. The molecule has 0 aliphatic carbocycles. The molecule has 0 spiro atoms. The lowest BCUT2D eigenvalue weighted by atomic mass is 9.80. The van der Waals surface area contributed by atoms with Crippen LogP contribution in [0.4, 0.5) is 30.7 Å². The maximum Gasteiger partial charge on any atom is 0.131 e. The molecular formula is C120H142F7O7P7. The minimum Gasteiger partial charge on any atom is -0.496 e. The van der Waals surface area contributed by atoms with Crippen molar-refractivity contribution in [3.05, 3.63) is 372 Å². The number of ether oxygens (including phenoxy) is 7. The first-order chi connectivity index (χ1) is 66.3. The second kappa shape index (κ2) is 53.2. The van der Waals surface area contributed by atoms with Gasteiger partial charge in [-0.05, 0) is 274 Å². The molecule has 14 aromatic rings. The number of aryl methyl sites for hydroxylation is 13. The summed E-state index contributed by atoms with van der Waals surface area (Å²) in [4.78, 5) is 0. The number of hydrogen-bond donors (Lipinski definition) is 0. The highest BCUT2D eigenvalue weighted by atomic mass is 31.1. The van der Waals surface area contributed by atoms with Crippen molar-refractivity contribution in [2.45, 2.75) is 195 Å². The molecule has 0 aliphatic heterocycles. The Balaban J connectivity index is 0.000000202. The lowest BCUT2D eigenvalue weighted by Crippen LogP contribution is -2.22. The normalized spacial score (nSPS) is 11.7. The zero-order valence-corrected chi connectivity index (χ0v) is 95.0. The second-order valence-corrected chi connectivity index (χ2v) is 48.6. The molecule has 0 aromatic heterocycles. The SMILES string of the molecule is COc1c(C)cc(C(C)(C)C)cc1Pc1ccc(C)cc1F.COc1c(C)cc(C)cc1Pc1ccc(C)cc1F.COc1c(C)cccc1Pc1ccc(C)cc1F.COc1c(Pc2ccc(C)cc2F)cc(C(C)(C)C)cc1C(C)(C)C.COc1c(Pc2ccc(C)cc2F)cc(C)cc1C(C)(C)C.COc1ccc(C)cc1Pc1ccc(C)cc1F.COc1ccccc1Pc1ccc(C)cc1F. The first kappa shape index (κ1) is 116. The standard InChI is InChI=1S/C22H30FOP.2C19H24FOP.C16H18FOP.2C15H16FOP.C14H14FOP/c1-14-9-10-18(17(23)11-14)25-19-13-15(21(2,3)4)12-16(20(19)24-8)22(5,6)7;1-12-7-8-16(15(20)10-12)22-17-11-13(2)9-14(18(17)21-6)19(3,4)5;1-12-7-8-16(15(20)9-12)22-17-11-14(19(3,4)5)10-13(2)18(17)21-6;1-10-5-6-14(13(17)8-10)19-15-9-11(2)7-12(3)16(15)18-4;1-10-5-7-14(12(16)8-10)18-15-9-11(2)4-6-13(15)17-3;1-10-7-8-13(12(16)9-10)18-14-6-4-5-11(2)15(14)17-3;1-10-7-8-13(11(15)9-10)17-14-6-4-3-5-12(14)16-2/h9-13,25H,1-8H3;2*7-11,22H,1-6H3;5-9,19H,1-4H3;2*4-9,18H,1-3H3;3-9,17H,1-2H3. The molecule has 748 valence electrons. The number of methoxy groups -OCH3 is 7. The van der Waals surface area contributed by atoms with Gasteiger partial charge < -0.3 is 33.2 Å². The predicted octanol–water partition coefficient (Wildman–Crippen LogP) is 26.4. The van der Waals surface area contributed by atoms with Crippen molar-refractivity contribution in [3.63, 3.8) is 0 Å². The van der Waals surface area contributed by atoms with Crippen LogP contribution in [0.25, 0.3) is 0 Å². The molecule has 21 heteroatoms. The predicted molar refractivity (Wildman–Crippen MR) is 605 cm³/mol. The van der Waals surface area contributed by atoms with E-state index in [4.69, 9.17) is 33.2 Å². The van der Waals surface area contributed by atoms with Crippen LogP contribution in [0, 0.1) is 131 Å². The number of hydrogen-bond acceptors (Lipinski definition) is 7. The highest BCUT2D eigenvalue weighted by molar-refractivity contribution is 7.57. The zero-order valence-electron chi connectivity index (χ0n) is 88.0. The maximum atomic E-state index is 14.4. The summed E-state index contributed by atoms with van der Waals surface area (Å²) in [7, 11) is 13.5. The van der Waals surface area contributed by atoms with E-state index in [2.05, 4.69) is 145 Å². The fourth-order valence-corrected chi connectivity index (χ4v) is 24.0. The molecule has 0 saturated carbocycles. The Hall–Kier alpha value is -9.80. The van der Waals surface area contributed by atoms with Crippen molar-refractivity contribution < 1.29 is 63.9 Å². The van der Waals surface area contributed by atoms with Crippen molar-refractivity contribution in [1.82, 2.24) is 0 Å². The topological polar surface area (TPSA) is 64.6 Å². The van der Waals surface area contributed by atoms with Gasteiger partial charge in [0.05, 0.1) is 49.8 Å². The summed E-state index contributed by atoms with van der Waals surface area (Å²) in [6.07, 6.45) is 0. The Morgan fingerprint density at radius 1 is 0.177 bits per heavy atom. The Morgan fingerprint density at radius 3 is 0.759 bits per heavy atom. The highest BCUT2D eigenvalue weighted by Crippen LogP contribution is 2.40. The van der Waals surface area contributed by atoms with Gasteiger partial charge in [0.1, 0.15) is 81.0 Å². The van der Waals surface area contributed by atoms with E-state index in [-0.39, 0.29) is 122 Å². The third-order valence-corrected chi connectivity index (χ3v) is 32.1. The minimum absolute atomic E-state index is 0.0115. The van der Waals surface area contributed by atoms with Crippen molar-refractivity contribution >= 4 is 134 Å². The summed E-state index contributed by atoms with van der Waals surface area (Å²) < 4.78 is 137. The molecule has 14 aromatic carbocycles. The van der Waals surface area contributed by atoms with E-state index in [0.29, 0.717) is 0 Å². The largest absolute Gasteiger partial charge is 0.496 e. The molecule has 141 heavy (non-hydrogen) atoms. The Labute approximate surface area is 849 Å². The van der Waals surface area contributed by atoms with Gasteiger partial charge in [0.15, 0.2) is 0 Å². The molecule has 0 heterocycles. The highest BCUT2D eigenvalue weighted by Gasteiger charge is 2.29. The van der Waals surface area contributed by atoms with Gasteiger partial charge in [-0.2, -0.15) is 0 Å². The molecule has 0 bridgehead atoms. The fourth-order valence-electron chi connectivity index (χ4n) is 15.2. The van der Waals surface area contributed by atoms with Crippen LogP contribution in [-0.4, -0.2) is 49.8 Å². The first-order valence-corrected chi connectivity index (χ1v) is 53.7. The first-order valence-electron chi connectivity index (χ1n) is 46.7. The minimum atomic E-state index is -0.144. The number of benzene rings is 14. The Morgan fingerprint density at radius 2 is 0.426 bits per heavy atom. The van der Waals surface area contributed by atoms with Crippen molar-refractivity contribution in [1.29, 1.82) is 0 Å². The van der Waals surface area contributed by atoms with Crippen LogP contribution < -0.4 is 107 Å². The van der Waals surface area contributed by atoms with Crippen molar-refractivity contribution in [2.75, 3.05) is 49.8 Å². The molecule has 0 radical (unpaired) electrons. The molecule has 7 unspecified atom stereocenters. The van der Waals surface area contributed by atoms with Gasteiger partial charge in [-0.3, -0.25) is 0 Å². The number of rotatable bonds is 21. The number of halogens is 7. The monoisotopic (exact) mass is 2040 g/mol. The van der Waals surface area contributed by atoms with Gasteiger partial charge in [0.2, 0.25) is 0 Å². The van der Waals surface area contributed by atoms with E-state index < -0.39 is 0 Å². The maximum absolute atomic E-state index is 14.4. The molecule has 7 nitrogen and oxygen atoms in total. The molecule has 0 aliphatic rings. The van der Waals surface area contributed by atoms with E-state index in [0.717, 1.165) is 176 Å². The van der Waals surface area contributed by atoms with Crippen LogP contribution in [0.15, 0.2) is 237 Å². The third kappa shape index (κ3) is 34.5. The summed E-state index contributed by atoms with van der Waals surface area (Å²) in [5.74, 6) is 5.01. The number of para-hydroxylation sites is 2. The summed E-state index contributed by atoms with van der Waals surface area (Å²) in [5, 5.41) is 12.5.